The highest BCUT2D eigenvalue weighted by Gasteiger charge is 2.21. The van der Waals surface area contributed by atoms with Crippen LogP contribution in [-0.2, 0) is 11.3 Å². The van der Waals surface area contributed by atoms with Crippen LogP contribution in [0.2, 0.25) is 0 Å². The van der Waals surface area contributed by atoms with E-state index in [0.717, 1.165) is 6.54 Å². The van der Waals surface area contributed by atoms with Gasteiger partial charge in [-0.3, -0.25) is 4.79 Å². The monoisotopic (exact) mass is 347 g/mol. The van der Waals surface area contributed by atoms with Gasteiger partial charge in [0.25, 0.3) is 0 Å². The molecule has 2 aromatic carbocycles. The van der Waals surface area contributed by atoms with E-state index in [9.17, 15) is 4.79 Å². The van der Waals surface area contributed by atoms with Gasteiger partial charge < -0.3 is 9.47 Å². The molecule has 3 rings (SSSR count). The Labute approximate surface area is 155 Å². The number of aryl methyl sites for hydroxylation is 1. The van der Waals surface area contributed by atoms with E-state index < -0.39 is 0 Å². The van der Waals surface area contributed by atoms with E-state index in [4.69, 9.17) is 0 Å². The third-order valence-electron chi connectivity index (χ3n) is 4.82. The Morgan fingerprint density at radius 3 is 2.54 bits per heavy atom. The van der Waals surface area contributed by atoms with Crippen molar-refractivity contribution in [2.75, 3.05) is 13.6 Å². The Balaban J connectivity index is 1.75. The number of aromatic nitrogens is 2. The first kappa shape index (κ1) is 17.9. The van der Waals surface area contributed by atoms with Gasteiger partial charge >= 0.3 is 0 Å². The van der Waals surface area contributed by atoms with E-state index in [1.165, 1.54) is 16.7 Å². The number of rotatable bonds is 7. The number of hydrogen-bond donors (Lipinski definition) is 0. The molecule has 1 atom stereocenters. The summed E-state index contributed by atoms with van der Waals surface area (Å²) >= 11 is 0. The molecule has 4 heteroatoms. The van der Waals surface area contributed by atoms with Crippen molar-refractivity contribution in [3.05, 3.63) is 90.0 Å². The zero-order valence-electron chi connectivity index (χ0n) is 15.4. The highest BCUT2D eigenvalue weighted by molar-refractivity contribution is 5.77. The van der Waals surface area contributed by atoms with Crippen molar-refractivity contribution in [3.8, 4) is 0 Å². The van der Waals surface area contributed by atoms with E-state index >= 15 is 0 Å². The van der Waals surface area contributed by atoms with E-state index in [1.807, 2.05) is 53.0 Å². The number of carbonyl (C=O) groups excluding carboxylic acids is 1. The Morgan fingerprint density at radius 1 is 1.12 bits per heavy atom. The van der Waals surface area contributed by atoms with Gasteiger partial charge in [-0.05, 0) is 23.6 Å². The van der Waals surface area contributed by atoms with Gasteiger partial charge in [0.15, 0.2) is 0 Å². The number of imidazole rings is 1. The molecule has 0 fully saturated rings. The molecule has 1 heterocycles. The molecular formula is C22H25N3O. The van der Waals surface area contributed by atoms with Crippen LogP contribution in [0.3, 0.4) is 0 Å². The predicted octanol–water partition coefficient (Wildman–Crippen LogP) is 3.87. The molecule has 0 aliphatic rings. The van der Waals surface area contributed by atoms with E-state index in [0.29, 0.717) is 13.0 Å². The lowest BCUT2D eigenvalue weighted by molar-refractivity contribution is -0.130. The van der Waals surface area contributed by atoms with E-state index in [-0.39, 0.29) is 11.8 Å². The average molecular weight is 347 g/mol. The average Bonchev–Trinajstić information content (AvgIpc) is 3.19. The van der Waals surface area contributed by atoms with Crippen LogP contribution < -0.4 is 0 Å². The maximum Gasteiger partial charge on any atom is 0.223 e. The van der Waals surface area contributed by atoms with Crippen LogP contribution in [0, 0.1) is 6.92 Å². The van der Waals surface area contributed by atoms with E-state index in [1.54, 1.807) is 12.5 Å². The van der Waals surface area contributed by atoms with Gasteiger partial charge in [-0.25, -0.2) is 4.98 Å². The highest BCUT2D eigenvalue weighted by Crippen LogP contribution is 2.30. The standard InChI is InChI=1S/C22H25N3O/c1-18-8-6-7-11-20(18)21(19-9-4-3-5-10-19)16-22(26)24(2)14-15-25-13-12-23-17-25/h3-13,17,21H,14-16H2,1-2H3/t21-/m0/s1. The lowest BCUT2D eigenvalue weighted by Crippen LogP contribution is -2.31. The second kappa shape index (κ2) is 8.48. The summed E-state index contributed by atoms with van der Waals surface area (Å²) in [6, 6.07) is 18.6. The molecular weight excluding hydrogens is 322 g/mol. The van der Waals surface area contributed by atoms with Gasteiger partial charge in [0.1, 0.15) is 0 Å². The highest BCUT2D eigenvalue weighted by atomic mass is 16.2. The SMILES string of the molecule is Cc1ccccc1[C@@H](CC(=O)N(C)CCn1ccnc1)c1ccccc1. The van der Waals surface area contributed by atoms with E-state index in [2.05, 4.69) is 36.2 Å². The summed E-state index contributed by atoms with van der Waals surface area (Å²) < 4.78 is 1.99. The maximum absolute atomic E-state index is 12.9. The zero-order valence-corrected chi connectivity index (χ0v) is 15.4. The molecule has 1 aromatic heterocycles. The van der Waals surface area contributed by atoms with Crippen LogP contribution in [0.4, 0.5) is 0 Å². The summed E-state index contributed by atoms with van der Waals surface area (Å²) in [6.07, 6.45) is 5.91. The normalized spacial score (nSPS) is 11.9. The minimum Gasteiger partial charge on any atom is -0.344 e. The smallest absolute Gasteiger partial charge is 0.223 e. The first-order valence-corrected chi connectivity index (χ1v) is 8.95. The molecule has 0 radical (unpaired) electrons. The minimum atomic E-state index is 0.0700. The molecule has 0 saturated carbocycles. The van der Waals surface area contributed by atoms with Gasteiger partial charge in [0.05, 0.1) is 6.33 Å². The Kier molecular flexibility index (Phi) is 5.84. The summed E-state index contributed by atoms with van der Waals surface area (Å²) in [5.74, 6) is 0.225. The molecule has 1 amide bonds. The number of hydrogen-bond acceptors (Lipinski definition) is 2. The van der Waals surface area contributed by atoms with Crippen LogP contribution in [0.5, 0.6) is 0 Å². The molecule has 3 aromatic rings. The summed E-state index contributed by atoms with van der Waals surface area (Å²) in [5, 5.41) is 0. The Morgan fingerprint density at radius 2 is 1.85 bits per heavy atom. The number of nitrogens with zero attached hydrogens (tertiary/aromatic N) is 3. The lowest BCUT2D eigenvalue weighted by Gasteiger charge is -2.23. The second-order valence-corrected chi connectivity index (χ2v) is 6.64. The lowest BCUT2D eigenvalue weighted by atomic mass is 9.86. The Hall–Kier alpha value is -2.88. The number of amides is 1. The molecule has 0 bridgehead atoms. The van der Waals surface area contributed by atoms with Gasteiger partial charge in [-0.1, -0.05) is 54.6 Å². The molecule has 0 unspecified atom stereocenters. The molecule has 26 heavy (non-hydrogen) atoms. The molecule has 0 saturated heterocycles. The van der Waals surface area contributed by atoms with Crippen molar-refractivity contribution in [2.45, 2.75) is 25.8 Å². The van der Waals surface area contributed by atoms with Crippen molar-refractivity contribution in [2.24, 2.45) is 0 Å². The van der Waals surface area contributed by atoms with Crippen LogP contribution in [0.1, 0.15) is 29.0 Å². The van der Waals surface area contributed by atoms with Crippen molar-refractivity contribution < 1.29 is 4.79 Å². The van der Waals surface area contributed by atoms with Crippen molar-refractivity contribution >= 4 is 5.91 Å². The molecule has 0 aliphatic heterocycles. The summed E-state index contributed by atoms with van der Waals surface area (Å²) in [4.78, 5) is 18.7. The van der Waals surface area contributed by atoms with Crippen LogP contribution in [0.25, 0.3) is 0 Å². The van der Waals surface area contributed by atoms with Gasteiger partial charge in [-0.2, -0.15) is 0 Å². The van der Waals surface area contributed by atoms with Crippen molar-refractivity contribution in [1.29, 1.82) is 0 Å². The summed E-state index contributed by atoms with van der Waals surface area (Å²) in [5.41, 5.74) is 3.61. The Bertz CT molecular complexity index is 828. The number of benzene rings is 2. The molecule has 0 spiro atoms. The first-order valence-electron chi connectivity index (χ1n) is 8.95. The van der Waals surface area contributed by atoms with Crippen LogP contribution in [-0.4, -0.2) is 34.0 Å². The zero-order chi connectivity index (χ0) is 18.4. The summed E-state index contributed by atoms with van der Waals surface area (Å²) in [7, 11) is 1.87. The molecule has 4 nitrogen and oxygen atoms in total. The van der Waals surface area contributed by atoms with Crippen LogP contribution >= 0.6 is 0 Å². The van der Waals surface area contributed by atoms with Gasteiger partial charge in [0.2, 0.25) is 5.91 Å². The second-order valence-electron chi connectivity index (χ2n) is 6.64. The number of carbonyl (C=O) groups is 1. The van der Waals surface area contributed by atoms with Crippen molar-refractivity contribution in [3.63, 3.8) is 0 Å². The minimum absolute atomic E-state index is 0.0700. The summed E-state index contributed by atoms with van der Waals surface area (Å²) in [6.45, 7) is 3.53. The quantitative estimate of drug-likeness (QED) is 0.651. The largest absolute Gasteiger partial charge is 0.344 e. The fraction of sp³-hybridized carbons (Fsp3) is 0.273. The number of likely N-dealkylation sites (N-methyl/N-ethyl adjacent to an activating group) is 1. The van der Waals surface area contributed by atoms with Crippen LogP contribution in [0.15, 0.2) is 73.3 Å². The van der Waals surface area contributed by atoms with Gasteiger partial charge in [0, 0.05) is 44.9 Å². The predicted molar refractivity (Wildman–Crippen MR) is 104 cm³/mol. The molecule has 134 valence electrons. The maximum atomic E-state index is 12.9. The third-order valence-corrected chi connectivity index (χ3v) is 4.82. The van der Waals surface area contributed by atoms with Crippen molar-refractivity contribution in [1.82, 2.24) is 14.5 Å². The third kappa shape index (κ3) is 4.39. The first-order chi connectivity index (χ1) is 12.6. The molecule has 0 N–H and O–H groups in total. The fourth-order valence-electron chi connectivity index (χ4n) is 3.21. The molecule has 0 aliphatic carbocycles. The van der Waals surface area contributed by atoms with Gasteiger partial charge in [-0.15, -0.1) is 0 Å². The fourth-order valence-corrected chi connectivity index (χ4v) is 3.21. The topological polar surface area (TPSA) is 38.1 Å².